The van der Waals surface area contributed by atoms with Crippen molar-refractivity contribution in [3.63, 3.8) is 0 Å². The van der Waals surface area contributed by atoms with Gasteiger partial charge in [0.2, 0.25) is 0 Å². The molecule has 2 aromatic rings. The molecule has 0 heterocycles. The zero-order valence-corrected chi connectivity index (χ0v) is 10.3. The van der Waals surface area contributed by atoms with Gasteiger partial charge in [-0.2, -0.15) is 0 Å². The fourth-order valence-electron chi connectivity index (χ4n) is 1.68. The molecule has 0 radical (unpaired) electrons. The van der Waals surface area contributed by atoms with Gasteiger partial charge in [-0.05, 0) is 42.3 Å². The van der Waals surface area contributed by atoms with Crippen molar-refractivity contribution in [2.45, 2.75) is 13.5 Å². The first-order chi connectivity index (χ1) is 8.15. The zero-order chi connectivity index (χ0) is 12.3. The van der Waals surface area contributed by atoms with E-state index in [9.17, 15) is 4.39 Å². The Bertz CT molecular complexity index is 505. The van der Waals surface area contributed by atoms with E-state index in [1.807, 2.05) is 37.3 Å². The molecule has 0 bridgehead atoms. The Morgan fingerprint density at radius 1 is 1.18 bits per heavy atom. The average Bonchev–Trinajstić information content (AvgIpc) is 2.27. The SMILES string of the molecule is Cc1cc(F)cc(NCc2ccccc2Cl)c1. The molecule has 3 heteroatoms. The lowest BCUT2D eigenvalue weighted by Crippen LogP contribution is -2.00. The average molecular weight is 250 g/mol. The van der Waals surface area contributed by atoms with Gasteiger partial charge in [-0.1, -0.05) is 29.8 Å². The number of hydrogen-bond donors (Lipinski definition) is 1. The molecular formula is C14H13ClFN. The Morgan fingerprint density at radius 2 is 1.94 bits per heavy atom. The summed E-state index contributed by atoms with van der Waals surface area (Å²) in [6.07, 6.45) is 0. The van der Waals surface area contributed by atoms with Crippen LogP contribution in [0.3, 0.4) is 0 Å². The Kier molecular flexibility index (Phi) is 3.64. The summed E-state index contributed by atoms with van der Waals surface area (Å²) in [5, 5.41) is 3.87. The number of aryl methyl sites for hydroxylation is 1. The molecule has 1 N–H and O–H groups in total. The first kappa shape index (κ1) is 11.9. The molecule has 0 saturated carbocycles. The van der Waals surface area contributed by atoms with Crippen LogP contribution in [0.25, 0.3) is 0 Å². The van der Waals surface area contributed by atoms with E-state index in [2.05, 4.69) is 5.32 Å². The van der Waals surface area contributed by atoms with Crippen LogP contribution >= 0.6 is 11.6 Å². The van der Waals surface area contributed by atoms with E-state index in [0.717, 1.165) is 16.8 Å². The van der Waals surface area contributed by atoms with Crippen molar-refractivity contribution < 1.29 is 4.39 Å². The van der Waals surface area contributed by atoms with Gasteiger partial charge in [0.1, 0.15) is 5.82 Å². The molecule has 1 nitrogen and oxygen atoms in total. The molecular weight excluding hydrogens is 237 g/mol. The van der Waals surface area contributed by atoms with Crippen molar-refractivity contribution in [1.82, 2.24) is 0 Å². The third kappa shape index (κ3) is 3.21. The predicted molar refractivity (Wildman–Crippen MR) is 69.9 cm³/mol. The van der Waals surface area contributed by atoms with Crippen molar-refractivity contribution in [3.05, 3.63) is 64.4 Å². The maximum Gasteiger partial charge on any atom is 0.125 e. The van der Waals surface area contributed by atoms with Crippen LogP contribution in [-0.2, 0) is 6.54 Å². The van der Waals surface area contributed by atoms with Crippen molar-refractivity contribution in [2.24, 2.45) is 0 Å². The molecule has 0 aliphatic carbocycles. The minimum absolute atomic E-state index is 0.230. The number of halogens is 2. The number of hydrogen-bond acceptors (Lipinski definition) is 1. The molecule has 2 aromatic carbocycles. The fraction of sp³-hybridized carbons (Fsp3) is 0.143. The highest BCUT2D eigenvalue weighted by Gasteiger charge is 2.00. The van der Waals surface area contributed by atoms with Gasteiger partial charge in [0, 0.05) is 17.3 Å². The van der Waals surface area contributed by atoms with Crippen molar-refractivity contribution in [1.29, 1.82) is 0 Å². The summed E-state index contributed by atoms with van der Waals surface area (Å²) >= 11 is 6.04. The molecule has 0 unspecified atom stereocenters. The largest absolute Gasteiger partial charge is 0.381 e. The summed E-state index contributed by atoms with van der Waals surface area (Å²) < 4.78 is 13.2. The molecule has 0 aliphatic heterocycles. The van der Waals surface area contributed by atoms with Gasteiger partial charge in [-0.3, -0.25) is 0 Å². The first-order valence-electron chi connectivity index (χ1n) is 5.39. The maximum atomic E-state index is 13.2. The summed E-state index contributed by atoms with van der Waals surface area (Å²) in [5.74, 6) is -0.230. The van der Waals surface area contributed by atoms with E-state index in [1.54, 1.807) is 0 Å². The van der Waals surface area contributed by atoms with Gasteiger partial charge in [0.05, 0.1) is 0 Å². The maximum absolute atomic E-state index is 13.2. The lowest BCUT2D eigenvalue weighted by atomic mass is 10.2. The zero-order valence-electron chi connectivity index (χ0n) is 9.50. The second-order valence-electron chi connectivity index (χ2n) is 3.96. The molecule has 2 rings (SSSR count). The Balaban J connectivity index is 2.10. The second kappa shape index (κ2) is 5.19. The van der Waals surface area contributed by atoms with Gasteiger partial charge in [0.25, 0.3) is 0 Å². The molecule has 0 atom stereocenters. The van der Waals surface area contributed by atoms with Gasteiger partial charge < -0.3 is 5.32 Å². The van der Waals surface area contributed by atoms with Gasteiger partial charge in [0.15, 0.2) is 0 Å². The highest BCUT2D eigenvalue weighted by atomic mass is 35.5. The van der Waals surface area contributed by atoms with Crippen LogP contribution in [0.2, 0.25) is 5.02 Å². The van der Waals surface area contributed by atoms with E-state index in [1.165, 1.54) is 12.1 Å². The second-order valence-corrected chi connectivity index (χ2v) is 4.37. The van der Waals surface area contributed by atoms with Crippen LogP contribution < -0.4 is 5.32 Å². The third-order valence-electron chi connectivity index (χ3n) is 2.48. The minimum atomic E-state index is -0.230. The molecule has 0 spiro atoms. The summed E-state index contributed by atoms with van der Waals surface area (Å²) in [5.41, 5.74) is 2.66. The summed E-state index contributed by atoms with van der Waals surface area (Å²) in [6.45, 7) is 2.45. The van der Waals surface area contributed by atoms with Crippen LogP contribution in [0.1, 0.15) is 11.1 Å². The van der Waals surface area contributed by atoms with E-state index in [0.29, 0.717) is 11.6 Å². The smallest absolute Gasteiger partial charge is 0.125 e. The summed E-state index contributed by atoms with van der Waals surface area (Å²) in [7, 11) is 0. The Labute approximate surface area is 105 Å². The quantitative estimate of drug-likeness (QED) is 0.850. The van der Waals surface area contributed by atoms with Crippen molar-refractivity contribution in [3.8, 4) is 0 Å². The lowest BCUT2D eigenvalue weighted by Gasteiger charge is -2.09. The van der Waals surface area contributed by atoms with E-state index in [-0.39, 0.29) is 5.82 Å². The molecule has 0 saturated heterocycles. The van der Waals surface area contributed by atoms with E-state index in [4.69, 9.17) is 11.6 Å². The standard InChI is InChI=1S/C14H13ClFN/c1-10-6-12(16)8-13(7-10)17-9-11-4-2-3-5-14(11)15/h2-8,17H,9H2,1H3. The topological polar surface area (TPSA) is 12.0 Å². The summed E-state index contributed by atoms with van der Waals surface area (Å²) in [4.78, 5) is 0. The van der Waals surface area contributed by atoms with Gasteiger partial charge >= 0.3 is 0 Å². The van der Waals surface area contributed by atoms with E-state index < -0.39 is 0 Å². The number of anilines is 1. The number of nitrogens with one attached hydrogen (secondary N) is 1. The highest BCUT2D eigenvalue weighted by Crippen LogP contribution is 2.18. The normalized spacial score (nSPS) is 10.3. The van der Waals surface area contributed by atoms with Crippen LogP contribution in [0.4, 0.5) is 10.1 Å². The van der Waals surface area contributed by atoms with Crippen LogP contribution in [0, 0.1) is 12.7 Å². The van der Waals surface area contributed by atoms with Crippen LogP contribution in [-0.4, -0.2) is 0 Å². The van der Waals surface area contributed by atoms with Crippen molar-refractivity contribution >= 4 is 17.3 Å². The Morgan fingerprint density at radius 3 is 2.65 bits per heavy atom. The molecule has 88 valence electrons. The molecule has 0 aliphatic rings. The lowest BCUT2D eigenvalue weighted by molar-refractivity contribution is 0.627. The fourth-order valence-corrected chi connectivity index (χ4v) is 1.88. The molecule has 0 fully saturated rings. The number of rotatable bonds is 3. The first-order valence-corrected chi connectivity index (χ1v) is 5.77. The van der Waals surface area contributed by atoms with Gasteiger partial charge in [-0.15, -0.1) is 0 Å². The highest BCUT2D eigenvalue weighted by molar-refractivity contribution is 6.31. The van der Waals surface area contributed by atoms with Crippen molar-refractivity contribution in [2.75, 3.05) is 5.32 Å². The van der Waals surface area contributed by atoms with Crippen LogP contribution in [0.15, 0.2) is 42.5 Å². The summed E-state index contributed by atoms with van der Waals surface area (Å²) in [6, 6.07) is 12.5. The Hall–Kier alpha value is -1.54. The number of benzene rings is 2. The minimum Gasteiger partial charge on any atom is -0.381 e. The predicted octanol–water partition coefficient (Wildman–Crippen LogP) is 4.40. The van der Waals surface area contributed by atoms with Gasteiger partial charge in [-0.25, -0.2) is 4.39 Å². The van der Waals surface area contributed by atoms with E-state index >= 15 is 0 Å². The monoisotopic (exact) mass is 249 g/mol. The molecule has 0 amide bonds. The third-order valence-corrected chi connectivity index (χ3v) is 2.85. The molecule has 0 aromatic heterocycles. The van der Waals surface area contributed by atoms with Crippen LogP contribution in [0.5, 0.6) is 0 Å². The molecule has 17 heavy (non-hydrogen) atoms.